The summed E-state index contributed by atoms with van der Waals surface area (Å²) in [6.45, 7) is 14.5. The van der Waals surface area contributed by atoms with Gasteiger partial charge in [0.1, 0.15) is 12.7 Å². The summed E-state index contributed by atoms with van der Waals surface area (Å²) in [5.41, 5.74) is 0.455. The van der Waals surface area contributed by atoms with Crippen LogP contribution < -0.4 is 0 Å². The zero-order valence-electron chi connectivity index (χ0n) is 15.3. The zero-order chi connectivity index (χ0) is 18.8. The minimum absolute atomic E-state index is 0.00521. The van der Waals surface area contributed by atoms with E-state index in [4.69, 9.17) is 14.2 Å². The molecule has 0 aromatic rings. The van der Waals surface area contributed by atoms with Gasteiger partial charge in [-0.3, -0.25) is 0 Å². The van der Waals surface area contributed by atoms with Crippen LogP contribution in [0.4, 0.5) is 0 Å². The van der Waals surface area contributed by atoms with E-state index in [1.807, 2.05) is 20.8 Å². The number of esters is 1. The van der Waals surface area contributed by atoms with Gasteiger partial charge in [-0.1, -0.05) is 25.7 Å². The summed E-state index contributed by atoms with van der Waals surface area (Å²) in [5, 5.41) is 19.0. The normalized spacial score (nSPS) is 14.1. The molecule has 0 aliphatic rings. The van der Waals surface area contributed by atoms with Crippen molar-refractivity contribution in [3.05, 3.63) is 24.3 Å². The molecule has 0 aliphatic heterocycles. The van der Waals surface area contributed by atoms with Crippen molar-refractivity contribution in [2.45, 2.75) is 46.3 Å². The van der Waals surface area contributed by atoms with Crippen LogP contribution in [0.2, 0.25) is 0 Å². The van der Waals surface area contributed by atoms with E-state index in [-0.39, 0.29) is 39.1 Å². The number of carbonyl (C=O) groups excluding carboxylic acids is 1. The zero-order valence-corrected chi connectivity index (χ0v) is 15.3. The summed E-state index contributed by atoms with van der Waals surface area (Å²) in [6.07, 6.45) is -0.111. The third-order valence-corrected chi connectivity index (χ3v) is 4.02. The van der Waals surface area contributed by atoms with Crippen molar-refractivity contribution < 1.29 is 29.2 Å². The van der Waals surface area contributed by atoms with Crippen molar-refractivity contribution in [1.82, 2.24) is 0 Å². The molecule has 0 aromatic carbocycles. The number of ether oxygens (including phenoxy) is 3. The van der Waals surface area contributed by atoms with Crippen LogP contribution in [-0.2, 0) is 19.0 Å². The molecule has 0 amide bonds. The second-order valence-corrected chi connectivity index (χ2v) is 6.30. The van der Waals surface area contributed by atoms with Gasteiger partial charge in [-0.15, -0.1) is 0 Å². The molecule has 0 bridgehead atoms. The lowest BCUT2D eigenvalue weighted by Crippen LogP contribution is -2.39. The Balaban J connectivity index is 4.74. The largest absolute Gasteiger partial charge is 0.459 e. The average Bonchev–Trinajstić information content (AvgIpc) is 2.57. The Labute approximate surface area is 145 Å². The summed E-state index contributed by atoms with van der Waals surface area (Å²) in [7, 11) is 0. The molecule has 0 spiro atoms. The maximum atomic E-state index is 11.6. The minimum atomic E-state index is -0.726. The van der Waals surface area contributed by atoms with Gasteiger partial charge in [0.05, 0.1) is 32.5 Å². The molecule has 6 nitrogen and oxygen atoms in total. The van der Waals surface area contributed by atoms with E-state index in [0.29, 0.717) is 12.0 Å². The molecule has 0 aromatic heterocycles. The van der Waals surface area contributed by atoms with E-state index in [0.717, 1.165) is 5.57 Å². The Hall–Kier alpha value is -1.21. The summed E-state index contributed by atoms with van der Waals surface area (Å²) in [5.74, 6) is -0.498. The first kappa shape index (κ1) is 22.8. The highest BCUT2D eigenvalue weighted by molar-refractivity contribution is 5.86. The molecule has 140 valence electrons. The topological polar surface area (TPSA) is 85.2 Å². The molecule has 0 heterocycles. The average molecular weight is 344 g/mol. The molecule has 0 aliphatic carbocycles. The number of aliphatic hydroxyl groups excluding tert-OH is 2. The molecule has 6 heteroatoms. The lowest BCUT2D eigenvalue weighted by molar-refractivity contribution is -0.149. The van der Waals surface area contributed by atoms with E-state index in [1.165, 1.54) is 0 Å². The van der Waals surface area contributed by atoms with E-state index < -0.39 is 17.5 Å². The molecule has 24 heavy (non-hydrogen) atoms. The highest BCUT2D eigenvalue weighted by atomic mass is 16.6. The Morgan fingerprint density at radius 3 is 2.12 bits per heavy atom. The Morgan fingerprint density at radius 1 is 1.12 bits per heavy atom. The van der Waals surface area contributed by atoms with Crippen LogP contribution >= 0.6 is 0 Å². The summed E-state index contributed by atoms with van der Waals surface area (Å²) < 4.78 is 16.6. The van der Waals surface area contributed by atoms with Crippen molar-refractivity contribution in [1.29, 1.82) is 0 Å². The number of hydrogen-bond donors (Lipinski definition) is 2. The highest BCUT2D eigenvalue weighted by Gasteiger charge is 2.29. The smallest absolute Gasteiger partial charge is 0.333 e. The molecule has 2 atom stereocenters. The second kappa shape index (κ2) is 11.4. The minimum Gasteiger partial charge on any atom is -0.459 e. The van der Waals surface area contributed by atoms with E-state index >= 15 is 0 Å². The predicted octanol–water partition coefficient (Wildman–Crippen LogP) is 1.85. The second-order valence-electron chi connectivity index (χ2n) is 6.30. The third kappa shape index (κ3) is 8.06. The van der Waals surface area contributed by atoms with Gasteiger partial charge in [0.2, 0.25) is 0 Å². The molecule has 0 rings (SSSR count). The molecular formula is C18H32O6. The van der Waals surface area contributed by atoms with Gasteiger partial charge >= 0.3 is 5.97 Å². The number of carbonyl (C=O) groups is 1. The van der Waals surface area contributed by atoms with Crippen LogP contribution in [0.15, 0.2) is 24.3 Å². The van der Waals surface area contributed by atoms with Gasteiger partial charge in [-0.25, -0.2) is 4.79 Å². The van der Waals surface area contributed by atoms with Gasteiger partial charge in [-0.05, 0) is 27.2 Å². The van der Waals surface area contributed by atoms with Crippen LogP contribution in [0.3, 0.4) is 0 Å². The SMILES string of the molecule is C=C(C)C(=O)OCC(COC(C)C(=C)C)OCC(CC)(CO)CO. The lowest BCUT2D eigenvalue weighted by Gasteiger charge is -2.30. The molecule has 0 radical (unpaired) electrons. The van der Waals surface area contributed by atoms with Crippen molar-refractivity contribution >= 4 is 5.97 Å². The first-order valence-electron chi connectivity index (χ1n) is 8.14. The molecule has 0 saturated heterocycles. The fourth-order valence-corrected chi connectivity index (χ4v) is 1.59. The third-order valence-electron chi connectivity index (χ3n) is 4.02. The predicted molar refractivity (Wildman–Crippen MR) is 92.6 cm³/mol. The van der Waals surface area contributed by atoms with Crippen LogP contribution in [0, 0.1) is 5.41 Å². The van der Waals surface area contributed by atoms with E-state index in [1.54, 1.807) is 6.92 Å². The fourth-order valence-electron chi connectivity index (χ4n) is 1.59. The number of aliphatic hydroxyl groups is 2. The van der Waals surface area contributed by atoms with E-state index in [9.17, 15) is 15.0 Å². The molecule has 2 N–H and O–H groups in total. The molecular weight excluding hydrogens is 312 g/mol. The van der Waals surface area contributed by atoms with Crippen molar-refractivity contribution in [2.75, 3.05) is 33.0 Å². The fraction of sp³-hybridized carbons (Fsp3) is 0.722. The number of hydrogen-bond acceptors (Lipinski definition) is 6. The van der Waals surface area contributed by atoms with Crippen LogP contribution in [0.1, 0.15) is 34.1 Å². The molecule has 0 saturated carbocycles. The molecule has 2 unspecified atom stereocenters. The maximum absolute atomic E-state index is 11.6. The van der Waals surface area contributed by atoms with Gasteiger partial charge in [0, 0.05) is 11.0 Å². The Bertz CT molecular complexity index is 405. The Morgan fingerprint density at radius 2 is 1.71 bits per heavy atom. The quantitative estimate of drug-likeness (QED) is 0.301. The summed E-state index contributed by atoms with van der Waals surface area (Å²) >= 11 is 0. The summed E-state index contributed by atoms with van der Waals surface area (Å²) in [6, 6.07) is 0. The first-order chi connectivity index (χ1) is 11.2. The number of rotatable bonds is 13. The first-order valence-corrected chi connectivity index (χ1v) is 8.14. The monoisotopic (exact) mass is 344 g/mol. The molecule has 0 fully saturated rings. The van der Waals surface area contributed by atoms with Crippen molar-refractivity contribution in [3.8, 4) is 0 Å². The lowest BCUT2D eigenvalue weighted by atomic mass is 9.88. The Kier molecular flexibility index (Phi) is 10.8. The standard InChI is InChI=1S/C18H32O6/c1-7-18(10-19,11-20)12-24-16(8-22-15(6)13(2)3)9-23-17(21)14(4)5/h15-16,19-20H,2,4,7-12H2,1,3,5-6H3. The van der Waals surface area contributed by atoms with Gasteiger partial charge in [0.25, 0.3) is 0 Å². The van der Waals surface area contributed by atoms with Gasteiger partial charge < -0.3 is 24.4 Å². The van der Waals surface area contributed by atoms with E-state index in [2.05, 4.69) is 13.2 Å². The van der Waals surface area contributed by atoms with Crippen molar-refractivity contribution in [3.63, 3.8) is 0 Å². The van der Waals surface area contributed by atoms with Crippen LogP contribution in [0.5, 0.6) is 0 Å². The van der Waals surface area contributed by atoms with Crippen molar-refractivity contribution in [2.24, 2.45) is 5.41 Å². The van der Waals surface area contributed by atoms with Gasteiger partial charge in [-0.2, -0.15) is 0 Å². The maximum Gasteiger partial charge on any atom is 0.333 e. The highest BCUT2D eigenvalue weighted by Crippen LogP contribution is 2.21. The summed E-state index contributed by atoms with van der Waals surface area (Å²) in [4.78, 5) is 11.6. The van der Waals surface area contributed by atoms with Crippen LogP contribution in [-0.4, -0.2) is 61.4 Å². The van der Waals surface area contributed by atoms with Gasteiger partial charge in [0.15, 0.2) is 0 Å². The van der Waals surface area contributed by atoms with Crippen LogP contribution in [0.25, 0.3) is 0 Å².